The molecule has 108 valence electrons. The van der Waals surface area contributed by atoms with Crippen LogP contribution in [0.15, 0.2) is 0 Å². The van der Waals surface area contributed by atoms with Crippen LogP contribution in [0.4, 0.5) is 0 Å². The first-order valence-corrected chi connectivity index (χ1v) is 7.66. The third kappa shape index (κ3) is 4.20. The van der Waals surface area contributed by atoms with Crippen LogP contribution in [-0.2, 0) is 24.2 Å². The van der Waals surface area contributed by atoms with Gasteiger partial charge in [0, 0.05) is 26.2 Å². The van der Waals surface area contributed by atoms with Gasteiger partial charge in [0.2, 0.25) is 0 Å². The largest absolute Gasteiger partial charge is 0.380 e. The van der Waals surface area contributed by atoms with E-state index < -0.39 is 0 Å². The molecule has 0 atom stereocenters. The zero-order chi connectivity index (χ0) is 13.7. The SMILES string of the molecule is CCc1nn(CC)c(CNCCOCC2CC2)c1Cl. The second-order valence-corrected chi connectivity index (χ2v) is 5.45. The molecule has 0 amide bonds. The van der Waals surface area contributed by atoms with Crippen LogP contribution < -0.4 is 5.32 Å². The summed E-state index contributed by atoms with van der Waals surface area (Å²) in [4.78, 5) is 0. The first kappa shape index (κ1) is 14.8. The monoisotopic (exact) mass is 285 g/mol. The van der Waals surface area contributed by atoms with Gasteiger partial charge in [-0.05, 0) is 32.1 Å². The first-order chi connectivity index (χ1) is 9.26. The lowest BCUT2D eigenvalue weighted by Gasteiger charge is -2.08. The van der Waals surface area contributed by atoms with Crippen molar-refractivity contribution in [3.8, 4) is 0 Å². The zero-order valence-electron chi connectivity index (χ0n) is 11.9. The Balaban J connectivity index is 1.72. The topological polar surface area (TPSA) is 39.1 Å². The van der Waals surface area contributed by atoms with E-state index in [1.54, 1.807) is 0 Å². The van der Waals surface area contributed by atoms with Gasteiger partial charge in [-0.25, -0.2) is 0 Å². The average Bonchev–Trinajstić information content (AvgIpc) is 3.19. The number of halogens is 1. The minimum absolute atomic E-state index is 0.756. The Kier molecular flexibility index (Phi) is 5.67. The van der Waals surface area contributed by atoms with Crippen molar-refractivity contribution in [3.05, 3.63) is 16.4 Å². The maximum absolute atomic E-state index is 6.34. The smallest absolute Gasteiger partial charge is 0.0863 e. The molecule has 1 aromatic heterocycles. The zero-order valence-corrected chi connectivity index (χ0v) is 12.7. The van der Waals surface area contributed by atoms with Gasteiger partial charge < -0.3 is 10.1 Å². The lowest BCUT2D eigenvalue weighted by Crippen LogP contribution is -2.21. The fourth-order valence-corrected chi connectivity index (χ4v) is 2.41. The van der Waals surface area contributed by atoms with Crippen LogP contribution >= 0.6 is 11.6 Å². The van der Waals surface area contributed by atoms with Gasteiger partial charge >= 0.3 is 0 Å². The molecule has 0 radical (unpaired) electrons. The Morgan fingerprint density at radius 1 is 1.42 bits per heavy atom. The normalized spacial score (nSPS) is 15.1. The second kappa shape index (κ2) is 7.27. The summed E-state index contributed by atoms with van der Waals surface area (Å²) in [5.41, 5.74) is 2.08. The third-order valence-electron chi connectivity index (χ3n) is 3.46. The van der Waals surface area contributed by atoms with E-state index in [4.69, 9.17) is 16.3 Å². The predicted molar refractivity (Wildman–Crippen MR) is 77.5 cm³/mol. The summed E-state index contributed by atoms with van der Waals surface area (Å²) < 4.78 is 7.58. The highest BCUT2D eigenvalue weighted by molar-refractivity contribution is 6.31. The Morgan fingerprint density at radius 2 is 2.21 bits per heavy atom. The van der Waals surface area contributed by atoms with Crippen molar-refractivity contribution in [1.29, 1.82) is 0 Å². The van der Waals surface area contributed by atoms with Crippen LogP contribution in [0.3, 0.4) is 0 Å². The third-order valence-corrected chi connectivity index (χ3v) is 3.90. The summed E-state index contributed by atoms with van der Waals surface area (Å²) in [5.74, 6) is 0.836. The summed E-state index contributed by atoms with van der Waals surface area (Å²) in [6.07, 6.45) is 3.57. The molecule has 1 N–H and O–H groups in total. The summed E-state index contributed by atoms with van der Waals surface area (Å²) in [7, 11) is 0. The van der Waals surface area contributed by atoms with Crippen molar-refractivity contribution >= 4 is 11.6 Å². The molecular formula is C14H24ClN3O. The standard InChI is InChI=1S/C14H24ClN3O/c1-3-12-14(15)13(18(4-2)17-12)9-16-7-8-19-10-11-5-6-11/h11,16H,3-10H2,1-2H3. The van der Waals surface area contributed by atoms with Gasteiger partial charge in [0.25, 0.3) is 0 Å². The van der Waals surface area contributed by atoms with E-state index in [1.807, 2.05) is 4.68 Å². The van der Waals surface area contributed by atoms with Crippen LogP contribution in [0.25, 0.3) is 0 Å². The molecule has 1 aromatic rings. The highest BCUT2D eigenvalue weighted by atomic mass is 35.5. The molecule has 1 aliphatic carbocycles. The molecule has 0 saturated heterocycles. The molecule has 0 aromatic carbocycles. The molecule has 1 saturated carbocycles. The van der Waals surface area contributed by atoms with E-state index in [2.05, 4.69) is 24.3 Å². The van der Waals surface area contributed by atoms with Crippen molar-refractivity contribution in [2.24, 2.45) is 5.92 Å². The van der Waals surface area contributed by atoms with Gasteiger partial charge in [0.05, 0.1) is 23.0 Å². The lowest BCUT2D eigenvalue weighted by atomic mass is 10.3. The minimum atomic E-state index is 0.756. The van der Waals surface area contributed by atoms with E-state index in [9.17, 15) is 0 Å². The van der Waals surface area contributed by atoms with Crippen LogP contribution in [0.5, 0.6) is 0 Å². The van der Waals surface area contributed by atoms with Crippen LogP contribution in [0, 0.1) is 5.92 Å². The number of aromatic nitrogens is 2. The number of hydrogen-bond donors (Lipinski definition) is 1. The maximum atomic E-state index is 6.34. The van der Waals surface area contributed by atoms with Crippen molar-refractivity contribution in [1.82, 2.24) is 15.1 Å². The number of aryl methyl sites for hydroxylation is 2. The van der Waals surface area contributed by atoms with Crippen LogP contribution in [0.1, 0.15) is 38.1 Å². The van der Waals surface area contributed by atoms with Gasteiger partial charge in [0.1, 0.15) is 0 Å². The van der Waals surface area contributed by atoms with Crippen molar-refractivity contribution < 1.29 is 4.74 Å². The fraction of sp³-hybridized carbons (Fsp3) is 0.786. The van der Waals surface area contributed by atoms with E-state index in [0.29, 0.717) is 0 Å². The van der Waals surface area contributed by atoms with Crippen LogP contribution in [-0.4, -0.2) is 29.5 Å². The summed E-state index contributed by atoms with van der Waals surface area (Å²) in [6, 6.07) is 0. The lowest BCUT2D eigenvalue weighted by molar-refractivity contribution is 0.126. The van der Waals surface area contributed by atoms with Gasteiger partial charge in [0.15, 0.2) is 0 Å². The Bertz CT molecular complexity index is 402. The van der Waals surface area contributed by atoms with Crippen LogP contribution in [0.2, 0.25) is 5.02 Å². The minimum Gasteiger partial charge on any atom is -0.380 e. The van der Waals surface area contributed by atoms with Gasteiger partial charge in [-0.2, -0.15) is 5.10 Å². The molecule has 1 heterocycles. The highest BCUT2D eigenvalue weighted by Gasteiger charge is 2.20. The Hall–Kier alpha value is -0.580. The van der Waals surface area contributed by atoms with Crippen molar-refractivity contribution in [2.45, 2.75) is 46.2 Å². The van der Waals surface area contributed by atoms with Crippen molar-refractivity contribution in [3.63, 3.8) is 0 Å². The predicted octanol–water partition coefficient (Wildman–Crippen LogP) is 2.64. The van der Waals surface area contributed by atoms with E-state index in [1.165, 1.54) is 12.8 Å². The second-order valence-electron chi connectivity index (χ2n) is 5.07. The molecule has 5 heteroatoms. The fourth-order valence-electron chi connectivity index (χ4n) is 2.07. The quantitative estimate of drug-likeness (QED) is 0.709. The van der Waals surface area contributed by atoms with Gasteiger partial charge in [-0.15, -0.1) is 0 Å². The number of nitrogens with one attached hydrogen (secondary N) is 1. The average molecular weight is 286 g/mol. The van der Waals surface area contributed by atoms with Crippen molar-refractivity contribution in [2.75, 3.05) is 19.8 Å². The number of rotatable bonds is 9. The number of hydrogen-bond acceptors (Lipinski definition) is 3. The summed E-state index contributed by atoms with van der Waals surface area (Å²) in [5, 5.41) is 8.70. The van der Waals surface area contributed by atoms with E-state index >= 15 is 0 Å². The first-order valence-electron chi connectivity index (χ1n) is 7.28. The summed E-state index contributed by atoms with van der Waals surface area (Å²) >= 11 is 6.34. The molecule has 0 bridgehead atoms. The molecule has 2 rings (SSSR count). The molecule has 4 nitrogen and oxygen atoms in total. The van der Waals surface area contributed by atoms with Gasteiger partial charge in [-0.3, -0.25) is 4.68 Å². The molecule has 1 fully saturated rings. The molecular weight excluding hydrogens is 262 g/mol. The molecule has 0 aliphatic heterocycles. The Morgan fingerprint density at radius 3 is 2.84 bits per heavy atom. The van der Waals surface area contributed by atoms with E-state index in [-0.39, 0.29) is 0 Å². The van der Waals surface area contributed by atoms with E-state index in [0.717, 1.165) is 61.6 Å². The highest BCUT2D eigenvalue weighted by Crippen LogP contribution is 2.28. The molecule has 1 aliphatic rings. The maximum Gasteiger partial charge on any atom is 0.0863 e. The summed E-state index contributed by atoms with van der Waals surface area (Å²) in [6.45, 7) is 8.34. The molecule has 19 heavy (non-hydrogen) atoms. The Labute approximate surface area is 120 Å². The number of nitrogens with zero attached hydrogens (tertiary/aromatic N) is 2. The number of ether oxygens (including phenoxy) is 1. The molecule has 0 spiro atoms. The molecule has 0 unspecified atom stereocenters. The van der Waals surface area contributed by atoms with Gasteiger partial charge in [-0.1, -0.05) is 18.5 Å².